The van der Waals surface area contributed by atoms with Crippen LogP contribution in [-0.4, -0.2) is 128 Å². The van der Waals surface area contributed by atoms with Crippen LogP contribution in [0.15, 0.2) is 29.0 Å². The van der Waals surface area contributed by atoms with E-state index in [1.807, 2.05) is 4.90 Å². The molecule has 0 aromatic heterocycles. The summed E-state index contributed by atoms with van der Waals surface area (Å²) in [7, 11) is 9.19. The van der Waals surface area contributed by atoms with Gasteiger partial charge in [-0.15, -0.1) is 0 Å². The molecule has 3 aliphatic carbocycles. The first-order valence-corrected chi connectivity index (χ1v) is 14.8. The molecule has 0 aliphatic heterocycles. The summed E-state index contributed by atoms with van der Waals surface area (Å²) >= 11 is 0. The second-order valence-electron chi connectivity index (χ2n) is 13.0. The van der Waals surface area contributed by atoms with E-state index >= 15 is 0 Å². The molecule has 4 atom stereocenters. The minimum atomic E-state index is -2.78. The SMILES string of the molecule is COC(CN(Cc1ccc(O)c2c1C[C@@]1(C)C[C@@]3(C)[C@H](N(C)C)C(=O)C(C(N)=O)=C(O)[C@@]3(O)C(=O)C1=C2O)CC(OC)OC)OC. The van der Waals surface area contributed by atoms with E-state index in [1.165, 1.54) is 46.3 Å². The molecule has 0 unspecified atom stereocenters. The summed E-state index contributed by atoms with van der Waals surface area (Å²) in [6, 6.07) is 1.88. The highest BCUT2D eigenvalue weighted by Gasteiger charge is 2.72. The fraction of sp³-hybridized carbons (Fsp3) is 0.594. The van der Waals surface area contributed by atoms with Gasteiger partial charge in [0.2, 0.25) is 5.78 Å². The lowest BCUT2D eigenvalue weighted by atomic mass is 9.46. The largest absolute Gasteiger partial charge is 0.508 e. The third kappa shape index (κ3) is 5.31. The molecule has 6 N–H and O–H groups in total. The maximum Gasteiger partial charge on any atom is 0.255 e. The van der Waals surface area contributed by atoms with Crippen molar-refractivity contribution < 1.29 is 53.8 Å². The molecule has 254 valence electrons. The zero-order chi connectivity index (χ0) is 34.5. The number of likely N-dealkylation sites (N-methyl/N-ethyl adjacent to an activating group) is 1. The van der Waals surface area contributed by atoms with Gasteiger partial charge in [-0.05, 0) is 44.1 Å². The van der Waals surface area contributed by atoms with Gasteiger partial charge in [0, 0.05) is 51.4 Å². The highest BCUT2D eigenvalue weighted by Crippen LogP contribution is 2.63. The number of nitrogens with two attached hydrogens (primary N) is 1. The van der Waals surface area contributed by atoms with E-state index in [-0.39, 0.29) is 36.3 Å². The van der Waals surface area contributed by atoms with Crippen molar-refractivity contribution in [1.29, 1.82) is 0 Å². The quantitative estimate of drug-likeness (QED) is 0.158. The lowest BCUT2D eigenvalue weighted by Crippen LogP contribution is -2.72. The van der Waals surface area contributed by atoms with E-state index in [2.05, 4.69) is 0 Å². The van der Waals surface area contributed by atoms with Crippen LogP contribution in [0.3, 0.4) is 0 Å². The van der Waals surface area contributed by atoms with Crippen LogP contribution in [0.1, 0.15) is 37.0 Å². The number of hydrogen-bond acceptors (Lipinski definition) is 13. The van der Waals surface area contributed by atoms with Crippen molar-refractivity contribution in [2.75, 3.05) is 55.6 Å². The Kier molecular flexibility index (Phi) is 9.78. The number of carbonyl (C=O) groups is 3. The molecular weight excluding hydrogens is 602 g/mol. The highest BCUT2D eigenvalue weighted by atomic mass is 16.7. The van der Waals surface area contributed by atoms with Gasteiger partial charge in [-0.25, -0.2) is 0 Å². The number of aliphatic hydroxyl groups excluding tert-OH is 2. The molecule has 1 amide bonds. The summed E-state index contributed by atoms with van der Waals surface area (Å²) in [5, 5.41) is 46.2. The monoisotopic (exact) mass is 647 g/mol. The molecule has 0 heterocycles. The van der Waals surface area contributed by atoms with E-state index in [0.717, 1.165) is 0 Å². The van der Waals surface area contributed by atoms with Gasteiger partial charge < -0.3 is 45.1 Å². The summed E-state index contributed by atoms with van der Waals surface area (Å²) in [6.45, 7) is 4.12. The van der Waals surface area contributed by atoms with Crippen LogP contribution < -0.4 is 5.73 Å². The van der Waals surface area contributed by atoms with Crippen molar-refractivity contribution in [3.05, 3.63) is 45.7 Å². The Balaban J connectivity index is 1.92. The molecule has 1 saturated carbocycles. The Morgan fingerprint density at radius 3 is 2.02 bits per heavy atom. The molecular formula is C32H45N3O11. The zero-order valence-corrected chi connectivity index (χ0v) is 27.5. The van der Waals surface area contributed by atoms with E-state index in [9.17, 15) is 34.8 Å². The molecule has 14 nitrogen and oxygen atoms in total. The molecule has 0 saturated heterocycles. The standard InChI is InChI=1S/C32H45N3O11/c1-30-11-17-16(12-35(13-19(43-5)44-6)14-20(45-7)46-8)9-10-18(36)21(17)24(37)23(30)28(40)32(42)27(39)22(29(33)41)25(38)26(34(3)4)31(32,2)15-30/h9-10,19-20,26,36-37,39,42H,11-15H2,1-8H3,(H2,33,41)/t26-,30+,31+,32-/m1/s1. The number of carbonyl (C=O) groups excluding carboxylic acids is 3. The lowest BCUT2D eigenvalue weighted by Gasteiger charge is -2.59. The van der Waals surface area contributed by atoms with Gasteiger partial charge in [0.05, 0.1) is 24.7 Å². The fourth-order valence-corrected chi connectivity index (χ4v) is 7.89. The summed E-state index contributed by atoms with van der Waals surface area (Å²) < 4.78 is 21.7. The third-order valence-electron chi connectivity index (χ3n) is 9.87. The van der Waals surface area contributed by atoms with Crippen LogP contribution in [0, 0.1) is 10.8 Å². The number of amides is 1. The van der Waals surface area contributed by atoms with Crippen molar-refractivity contribution in [1.82, 2.24) is 9.80 Å². The zero-order valence-electron chi connectivity index (χ0n) is 27.5. The Bertz CT molecular complexity index is 1470. The van der Waals surface area contributed by atoms with Crippen molar-refractivity contribution in [2.45, 2.75) is 57.5 Å². The van der Waals surface area contributed by atoms with E-state index in [0.29, 0.717) is 24.2 Å². The second-order valence-corrected chi connectivity index (χ2v) is 13.0. The molecule has 0 radical (unpaired) electrons. The van der Waals surface area contributed by atoms with Crippen LogP contribution in [0.25, 0.3) is 5.76 Å². The average molecular weight is 648 g/mol. The number of primary amides is 1. The van der Waals surface area contributed by atoms with Gasteiger partial charge in [0.15, 0.2) is 24.0 Å². The molecule has 46 heavy (non-hydrogen) atoms. The molecule has 1 fully saturated rings. The number of phenolic OH excluding ortho intramolecular Hbond substituents is 1. The van der Waals surface area contributed by atoms with Gasteiger partial charge in [0.1, 0.15) is 22.8 Å². The van der Waals surface area contributed by atoms with Gasteiger partial charge in [-0.2, -0.15) is 0 Å². The van der Waals surface area contributed by atoms with Gasteiger partial charge >= 0.3 is 0 Å². The number of ether oxygens (including phenoxy) is 4. The van der Waals surface area contributed by atoms with Crippen LogP contribution in [-0.2, 0) is 46.3 Å². The Labute approximate surface area is 267 Å². The number of rotatable bonds is 12. The predicted octanol–water partition coefficient (Wildman–Crippen LogP) is 0.784. The molecule has 14 heteroatoms. The Morgan fingerprint density at radius 1 is 1.00 bits per heavy atom. The minimum absolute atomic E-state index is 0.00480. The Morgan fingerprint density at radius 2 is 1.54 bits per heavy atom. The number of benzene rings is 1. The number of aliphatic hydroxyl groups is 3. The summed E-state index contributed by atoms with van der Waals surface area (Å²) in [6.07, 6.45) is -1.14. The number of fused-ring (bicyclic) bond motifs is 3. The number of phenols is 1. The Hall–Kier alpha value is -3.37. The first kappa shape index (κ1) is 35.5. The number of ketones is 2. The van der Waals surface area contributed by atoms with Crippen LogP contribution >= 0.6 is 0 Å². The van der Waals surface area contributed by atoms with Crippen molar-refractivity contribution >= 4 is 23.2 Å². The number of Topliss-reactive ketones (excluding diaryl/α,β-unsaturated/α-hetero) is 2. The van der Waals surface area contributed by atoms with E-state index < -0.39 is 69.6 Å². The van der Waals surface area contributed by atoms with Crippen LogP contribution in [0.5, 0.6) is 5.75 Å². The average Bonchev–Trinajstić information content (AvgIpc) is 2.97. The summed E-state index contributed by atoms with van der Waals surface area (Å²) in [5.74, 6) is -5.21. The van der Waals surface area contributed by atoms with Gasteiger partial charge in [0.25, 0.3) is 5.91 Å². The number of nitrogens with zero attached hydrogens (tertiary/aromatic N) is 2. The molecule has 3 aliphatic rings. The topological polar surface area (TPSA) is 202 Å². The second kappa shape index (κ2) is 12.7. The molecule has 4 rings (SSSR count). The smallest absolute Gasteiger partial charge is 0.255 e. The highest BCUT2D eigenvalue weighted by molar-refractivity contribution is 6.25. The molecule has 0 spiro atoms. The van der Waals surface area contributed by atoms with Gasteiger partial charge in [-0.3, -0.25) is 24.2 Å². The van der Waals surface area contributed by atoms with Crippen molar-refractivity contribution in [2.24, 2.45) is 16.6 Å². The van der Waals surface area contributed by atoms with Crippen LogP contribution in [0.4, 0.5) is 0 Å². The lowest BCUT2D eigenvalue weighted by molar-refractivity contribution is -0.176. The van der Waals surface area contributed by atoms with Crippen LogP contribution in [0.2, 0.25) is 0 Å². The van der Waals surface area contributed by atoms with Gasteiger partial charge in [-0.1, -0.05) is 19.9 Å². The first-order chi connectivity index (χ1) is 21.5. The van der Waals surface area contributed by atoms with E-state index in [4.69, 9.17) is 24.7 Å². The number of aromatic hydroxyl groups is 1. The maximum atomic E-state index is 14.5. The van der Waals surface area contributed by atoms with E-state index in [1.54, 1.807) is 27.1 Å². The number of hydrogen-bond donors (Lipinski definition) is 5. The predicted molar refractivity (Wildman–Crippen MR) is 164 cm³/mol. The van der Waals surface area contributed by atoms with Crippen molar-refractivity contribution in [3.63, 3.8) is 0 Å². The first-order valence-electron chi connectivity index (χ1n) is 14.8. The minimum Gasteiger partial charge on any atom is -0.508 e. The summed E-state index contributed by atoms with van der Waals surface area (Å²) in [4.78, 5) is 43.9. The normalized spacial score (nSPS) is 28.0. The van der Waals surface area contributed by atoms with Crippen molar-refractivity contribution in [3.8, 4) is 5.75 Å². The third-order valence-corrected chi connectivity index (χ3v) is 9.87. The maximum absolute atomic E-state index is 14.5. The number of methoxy groups -OCH3 is 4. The fourth-order valence-electron chi connectivity index (χ4n) is 7.89. The summed E-state index contributed by atoms with van der Waals surface area (Å²) in [5.41, 5.74) is -0.0249. The molecule has 0 bridgehead atoms. The molecule has 1 aromatic rings. The molecule has 1 aromatic carbocycles.